The number of aliphatic hydroxyl groups is 2. The van der Waals surface area contributed by atoms with Crippen molar-refractivity contribution in [2.24, 2.45) is 0 Å². The molecule has 2 aromatic carbocycles. The number of halogens is 1. The summed E-state index contributed by atoms with van der Waals surface area (Å²) in [6.45, 7) is 2.03. The number of amides is 1. The molecule has 0 bridgehead atoms. The lowest BCUT2D eigenvalue weighted by Crippen LogP contribution is -2.31. The predicted molar refractivity (Wildman–Crippen MR) is 103 cm³/mol. The second kappa shape index (κ2) is 7.94. The van der Waals surface area contributed by atoms with E-state index in [0.717, 1.165) is 5.56 Å². The average Bonchev–Trinajstić information content (AvgIpc) is 2.91. The Morgan fingerprint density at radius 1 is 1.07 bits per heavy atom. The van der Waals surface area contributed by atoms with Gasteiger partial charge in [0.15, 0.2) is 0 Å². The highest BCUT2D eigenvalue weighted by molar-refractivity contribution is 6.46. The summed E-state index contributed by atoms with van der Waals surface area (Å²) in [5.74, 6) is -1.62. The van der Waals surface area contributed by atoms with Gasteiger partial charge in [0.05, 0.1) is 11.6 Å². The third-order valence-electron chi connectivity index (χ3n) is 4.61. The number of hydrogen-bond acceptors (Lipinski definition) is 4. The molecule has 1 fully saturated rings. The highest BCUT2D eigenvalue weighted by atomic mass is 35.5. The van der Waals surface area contributed by atoms with Gasteiger partial charge in [-0.25, -0.2) is 0 Å². The smallest absolute Gasteiger partial charge is 0.295 e. The maximum atomic E-state index is 12.7. The molecule has 0 radical (unpaired) electrons. The van der Waals surface area contributed by atoms with Crippen LogP contribution in [0.5, 0.6) is 0 Å². The number of carbonyl (C=O) groups is 2. The Labute approximate surface area is 162 Å². The van der Waals surface area contributed by atoms with E-state index in [0.29, 0.717) is 22.6 Å². The first-order chi connectivity index (χ1) is 12.9. The van der Waals surface area contributed by atoms with E-state index >= 15 is 0 Å². The van der Waals surface area contributed by atoms with E-state index in [1.807, 2.05) is 19.1 Å². The summed E-state index contributed by atoms with van der Waals surface area (Å²) < 4.78 is 0. The van der Waals surface area contributed by atoms with Crippen molar-refractivity contribution in [3.63, 3.8) is 0 Å². The second-order valence-electron chi connectivity index (χ2n) is 6.49. The quantitative estimate of drug-likeness (QED) is 0.469. The summed E-state index contributed by atoms with van der Waals surface area (Å²) in [6, 6.07) is 13.2. The van der Waals surface area contributed by atoms with Crippen LogP contribution in [-0.2, 0) is 9.59 Å². The van der Waals surface area contributed by atoms with Crippen molar-refractivity contribution in [1.82, 2.24) is 4.90 Å². The zero-order valence-corrected chi connectivity index (χ0v) is 15.6. The topological polar surface area (TPSA) is 77.8 Å². The summed E-state index contributed by atoms with van der Waals surface area (Å²) in [7, 11) is 0. The Bertz CT molecular complexity index is 887. The van der Waals surface area contributed by atoms with Gasteiger partial charge < -0.3 is 15.1 Å². The van der Waals surface area contributed by atoms with Crippen LogP contribution < -0.4 is 0 Å². The minimum Gasteiger partial charge on any atom is -0.507 e. The Kier molecular flexibility index (Phi) is 5.63. The first-order valence-electron chi connectivity index (χ1n) is 8.66. The number of nitrogens with zero attached hydrogens (tertiary/aromatic N) is 1. The van der Waals surface area contributed by atoms with Crippen LogP contribution in [0.1, 0.15) is 29.2 Å². The lowest BCUT2D eigenvalue weighted by molar-refractivity contribution is -0.140. The standard InChI is InChI=1S/C21H20ClNO4/c1-13-3-5-15(6-4-13)19(25)17-18(14-7-9-16(22)10-8-14)23(11-2-12-24)21(27)20(17)26/h3-10,18,24-25H,2,11-12H2,1H3. The van der Waals surface area contributed by atoms with Gasteiger partial charge in [-0.1, -0.05) is 53.6 Å². The number of hydrogen-bond donors (Lipinski definition) is 2. The highest BCUT2D eigenvalue weighted by Crippen LogP contribution is 2.39. The van der Waals surface area contributed by atoms with E-state index in [2.05, 4.69) is 0 Å². The molecule has 27 heavy (non-hydrogen) atoms. The summed E-state index contributed by atoms with van der Waals surface area (Å²) in [5, 5.41) is 20.5. The molecule has 1 saturated heterocycles. The Hall–Kier alpha value is -2.63. The summed E-state index contributed by atoms with van der Waals surface area (Å²) >= 11 is 5.96. The van der Waals surface area contributed by atoms with Crippen LogP contribution in [0.2, 0.25) is 5.02 Å². The fourth-order valence-electron chi connectivity index (χ4n) is 3.21. The summed E-state index contributed by atoms with van der Waals surface area (Å²) in [4.78, 5) is 26.7. The molecule has 2 aromatic rings. The molecule has 1 heterocycles. The highest BCUT2D eigenvalue weighted by Gasteiger charge is 2.45. The van der Waals surface area contributed by atoms with E-state index < -0.39 is 17.7 Å². The second-order valence-corrected chi connectivity index (χ2v) is 6.92. The van der Waals surface area contributed by atoms with Crippen molar-refractivity contribution in [2.45, 2.75) is 19.4 Å². The number of aryl methyl sites for hydroxylation is 1. The van der Waals surface area contributed by atoms with Gasteiger partial charge in [-0.2, -0.15) is 0 Å². The van der Waals surface area contributed by atoms with Gasteiger partial charge in [-0.3, -0.25) is 9.59 Å². The minimum atomic E-state index is -0.731. The number of likely N-dealkylation sites (tertiary alicyclic amines) is 1. The molecule has 1 unspecified atom stereocenters. The van der Waals surface area contributed by atoms with E-state index in [1.165, 1.54) is 4.90 Å². The van der Waals surface area contributed by atoms with Crippen LogP contribution in [0.3, 0.4) is 0 Å². The lowest BCUT2D eigenvalue weighted by Gasteiger charge is -2.25. The number of ketones is 1. The van der Waals surface area contributed by atoms with Crippen molar-refractivity contribution in [2.75, 3.05) is 13.2 Å². The molecule has 5 nitrogen and oxygen atoms in total. The van der Waals surface area contributed by atoms with Crippen molar-refractivity contribution in [1.29, 1.82) is 0 Å². The largest absolute Gasteiger partial charge is 0.507 e. The van der Waals surface area contributed by atoms with E-state index in [-0.39, 0.29) is 24.5 Å². The molecule has 0 spiro atoms. The molecule has 0 saturated carbocycles. The van der Waals surface area contributed by atoms with E-state index in [9.17, 15) is 14.7 Å². The molecule has 0 aliphatic carbocycles. The third-order valence-corrected chi connectivity index (χ3v) is 4.86. The summed E-state index contributed by atoms with van der Waals surface area (Å²) in [5.41, 5.74) is 2.21. The number of aliphatic hydroxyl groups excluding tert-OH is 2. The molecule has 1 aliphatic rings. The van der Waals surface area contributed by atoms with Gasteiger partial charge in [0.1, 0.15) is 5.76 Å². The van der Waals surface area contributed by atoms with Gasteiger partial charge in [0.25, 0.3) is 11.7 Å². The first kappa shape index (κ1) is 19.1. The number of carbonyl (C=O) groups excluding carboxylic acids is 2. The van der Waals surface area contributed by atoms with Crippen LogP contribution in [0.25, 0.3) is 5.76 Å². The molecular formula is C21H20ClNO4. The number of rotatable bonds is 5. The van der Waals surface area contributed by atoms with Gasteiger partial charge in [-0.15, -0.1) is 0 Å². The van der Waals surface area contributed by atoms with Gasteiger partial charge in [0.2, 0.25) is 0 Å². The van der Waals surface area contributed by atoms with E-state index in [1.54, 1.807) is 36.4 Å². The van der Waals surface area contributed by atoms with Crippen LogP contribution in [0.4, 0.5) is 0 Å². The monoisotopic (exact) mass is 385 g/mol. The molecule has 3 rings (SSSR count). The zero-order chi connectivity index (χ0) is 19.6. The fraction of sp³-hybridized carbons (Fsp3) is 0.238. The Balaban J connectivity index is 2.14. The third kappa shape index (κ3) is 3.75. The minimum absolute atomic E-state index is 0.0455. The Morgan fingerprint density at radius 3 is 2.30 bits per heavy atom. The maximum absolute atomic E-state index is 12.7. The number of benzene rings is 2. The van der Waals surface area contributed by atoms with Crippen molar-refractivity contribution in [3.8, 4) is 0 Å². The fourth-order valence-corrected chi connectivity index (χ4v) is 3.34. The van der Waals surface area contributed by atoms with Crippen LogP contribution in [0, 0.1) is 6.92 Å². The molecule has 6 heteroatoms. The molecule has 0 aromatic heterocycles. The molecule has 1 aliphatic heterocycles. The predicted octanol–water partition coefficient (Wildman–Crippen LogP) is 3.45. The van der Waals surface area contributed by atoms with Gasteiger partial charge in [-0.05, 0) is 31.0 Å². The first-order valence-corrected chi connectivity index (χ1v) is 9.03. The summed E-state index contributed by atoms with van der Waals surface area (Å²) in [6.07, 6.45) is 0.335. The SMILES string of the molecule is Cc1ccc(C(O)=C2C(=O)C(=O)N(CCCO)C2c2ccc(Cl)cc2)cc1. The normalized spacial score (nSPS) is 18.9. The van der Waals surface area contributed by atoms with E-state index in [4.69, 9.17) is 16.7 Å². The molecule has 140 valence electrons. The molecular weight excluding hydrogens is 366 g/mol. The van der Waals surface area contributed by atoms with Crippen LogP contribution >= 0.6 is 11.6 Å². The molecule has 1 amide bonds. The maximum Gasteiger partial charge on any atom is 0.295 e. The van der Waals surface area contributed by atoms with Crippen LogP contribution in [0.15, 0.2) is 54.1 Å². The van der Waals surface area contributed by atoms with Crippen molar-refractivity contribution < 1.29 is 19.8 Å². The van der Waals surface area contributed by atoms with Gasteiger partial charge >= 0.3 is 0 Å². The van der Waals surface area contributed by atoms with Crippen molar-refractivity contribution in [3.05, 3.63) is 75.8 Å². The Morgan fingerprint density at radius 2 is 1.70 bits per heavy atom. The van der Waals surface area contributed by atoms with Crippen LogP contribution in [-0.4, -0.2) is 40.0 Å². The average molecular weight is 386 g/mol. The van der Waals surface area contributed by atoms with Gasteiger partial charge in [0, 0.05) is 23.7 Å². The number of Topliss-reactive ketones (excluding diaryl/α,β-unsaturated/α-hetero) is 1. The zero-order valence-electron chi connectivity index (χ0n) is 14.9. The molecule has 1 atom stereocenters. The molecule has 2 N–H and O–H groups in total. The van der Waals surface area contributed by atoms with Crippen molar-refractivity contribution >= 4 is 29.1 Å². The lowest BCUT2D eigenvalue weighted by atomic mass is 9.95.